The van der Waals surface area contributed by atoms with Gasteiger partial charge in [0.1, 0.15) is 5.69 Å². The van der Waals surface area contributed by atoms with E-state index in [1.807, 2.05) is 18.2 Å². The first-order chi connectivity index (χ1) is 13.0. The monoisotopic (exact) mass is 369 g/mol. The number of carbonyl (C=O) groups excluding carboxylic acids is 1. The molecule has 0 saturated carbocycles. The number of hydrogen-bond acceptors (Lipinski definition) is 6. The van der Waals surface area contributed by atoms with E-state index < -0.39 is 4.92 Å². The number of nitrogens with zero attached hydrogens (tertiary/aromatic N) is 2. The van der Waals surface area contributed by atoms with Crippen LogP contribution < -0.4 is 5.32 Å². The van der Waals surface area contributed by atoms with Gasteiger partial charge < -0.3 is 10.1 Å². The van der Waals surface area contributed by atoms with E-state index in [0.29, 0.717) is 17.8 Å². The number of ether oxygens (including phenoxy) is 1. The highest BCUT2D eigenvalue weighted by atomic mass is 16.6. The Bertz CT molecular complexity index is 832. The highest BCUT2D eigenvalue weighted by molar-refractivity contribution is 5.95. The minimum atomic E-state index is -0.464. The number of morpholine rings is 1. The third-order valence-corrected chi connectivity index (χ3v) is 4.69. The van der Waals surface area contributed by atoms with Crippen LogP contribution in [0.2, 0.25) is 0 Å². The Balaban J connectivity index is 1.75. The largest absolute Gasteiger partial charge is 0.379 e. The molecule has 0 amide bonds. The quantitative estimate of drug-likeness (QED) is 0.458. The number of nitro benzene ring substituents is 1. The van der Waals surface area contributed by atoms with Crippen molar-refractivity contribution in [2.45, 2.75) is 20.0 Å². The Kier molecular flexibility index (Phi) is 6.16. The second kappa shape index (κ2) is 8.75. The molecule has 2 aromatic rings. The lowest BCUT2D eigenvalue weighted by Gasteiger charge is -2.27. The third-order valence-electron chi connectivity index (χ3n) is 4.69. The van der Waals surface area contributed by atoms with Crippen LogP contribution in [0, 0.1) is 10.1 Å². The van der Waals surface area contributed by atoms with Gasteiger partial charge >= 0.3 is 0 Å². The normalized spacial score (nSPS) is 14.7. The number of hydrogen-bond donors (Lipinski definition) is 1. The summed E-state index contributed by atoms with van der Waals surface area (Å²) in [6.07, 6.45) is 0. The van der Waals surface area contributed by atoms with Gasteiger partial charge in [-0.2, -0.15) is 0 Å². The van der Waals surface area contributed by atoms with Crippen LogP contribution in [-0.2, 0) is 17.8 Å². The third kappa shape index (κ3) is 4.90. The first kappa shape index (κ1) is 19.0. The van der Waals surface area contributed by atoms with Gasteiger partial charge in [0.05, 0.1) is 18.1 Å². The summed E-state index contributed by atoms with van der Waals surface area (Å²) >= 11 is 0. The molecule has 27 heavy (non-hydrogen) atoms. The minimum Gasteiger partial charge on any atom is -0.379 e. The van der Waals surface area contributed by atoms with E-state index in [4.69, 9.17) is 4.74 Å². The molecule has 1 aliphatic heterocycles. The van der Waals surface area contributed by atoms with Gasteiger partial charge in [0.15, 0.2) is 5.78 Å². The van der Waals surface area contributed by atoms with Gasteiger partial charge in [-0.15, -0.1) is 0 Å². The summed E-state index contributed by atoms with van der Waals surface area (Å²) in [6, 6.07) is 12.6. The van der Waals surface area contributed by atoms with Crippen LogP contribution in [0.4, 0.5) is 11.4 Å². The van der Waals surface area contributed by atoms with Gasteiger partial charge in [0, 0.05) is 37.8 Å². The van der Waals surface area contributed by atoms with Crippen LogP contribution in [-0.4, -0.2) is 41.9 Å². The number of ketones is 1. The fourth-order valence-corrected chi connectivity index (χ4v) is 3.13. The highest BCUT2D eigenvalue weighted by Gasteiger charge is 2.17. The van der Waals surface area contributed by atoms with Crippen molar-refractivity contribution in [3.63, 3.8) is 0 Å². The highest BCUT2D eigenvalue weighted by Crippen LogP contribution is 2.27. The summed E-state index contributed by atoms with van der Waals surface area (Å²) in [5.74, 6) is -0.194. The van der Waals surface area contributed by atoms with Gasteiger partial charge in [-0.05, 0) is 30.2 Å². The molecule has 142 valence electrons. The van der Waals surface area contributed by atoms with Gasteiger partial charge in [0.2, 0.25) is 0 Å². The lowest BCUT2D eigenvalue weighted by Crippen LogP contribution is -2.35. The number of Topliss-reactive ketones (excluding diaryl/α,β-unsaturated/α-hetero) is 1. The summed E-state index contributed by atoms with van der Waals surface area (Å²) in [5.41, 5.74) is 2.93. The summed E-state index contributed by atoms with van der Waals surface area (Å²) in [5, 5.41) is 14.5. The van der Waals surface area contributed by atoms with Crippen molar-refractivity contribution in [2.75, 3.05) is 31.6 Å². The summed E-state index contributed by atoms with van der Waals surface area (Å²) in [7, 11) is 0. The van der Waals surface area contributed by atoms with E-state index in [2.05, 4.69) is 16.3 Å². The molecule has 1 saturated heterocycles. The van der Waals surface area contributed by atoms with E-state index in [9.17, 15) is 14.9 Å². The number of carbonyl (C=O) groups is 1. The average Bonchev–Trinajstić information content (AvgIpc) is 2.68. The van der Waals surface area contributed by atoms with Crippen LogP contribution in [0.5, 0.6) is 0 Å². The summed E-state index contributed by atoms with van der Waals surface area (Å²) in [6.45, 7) is 5.99. The molecule has 2 aromatic carbocycles. The van der Waals surface area contributed by atoms with E-state index in [1.165, 1.54) is 18.6 Å². The first-order valence-corrected chi connectivity index (χ1v) is 8.94. The molecule has 3 rings (SSSR count). The van der Waals surface area contributed by atoms with Crippen molar-refractivity contribution < 1.29 is 14.5 Å². The maximum atomic E-state index is 11.5. The van der Waals surface area contributed by atoms with Crippen molar-refractivity contribution in [1.82, 2.24) is 4.90 Å². The van der Waals surface area contributed by atoms with Gasteiger partial charge in [-0.25, -0.2) is 0 Å². The molecule has 0 spiro atoms. The van der Waals surface area contributed by atoms with E-state index in [-0.39, 0.29) is 11.5 Å². The molecule has 7 heteroatoms. The number of benzene rings is 2. The molecule has 1 fully saturated rings. The lowest BCUT2D eigenvalue weighted by molar-refractivity contribution is -0.384. The van der Waals surface area contributed by atoms with Crippen LogP contribution in [0.1, 0.15) is 28.4 Å². The Labute approximate surface area is 158 Å². The zero-order valence-electron chi connectivity index (χ0n) is 15.3. The lowest BCUT2D eigenvalue weighted by atomic mass is 10.1. The van der Waals surface area contributed by atoms with Gasteiger partial charge in [0.25, 0.3) is 5.69 Å². The van der Waals surface area contributed by atoms with Crippen LogP contribution in [0.15, 0.2) is 42.5 Å². The Morgan fingerprint density at radius 1 is 1.19 bits per heavy atom. The fourth-order valence-electron chi connectivity index (χ4n) is 3.13. The zero-order valence-corrected chi connectivity index (χ0v) is 15.3. The van der Waals surface area contributed by atoms with Gasteiger partial charge in [-0.1, -0.05) is 24.3 Å². The van der Waals surface area contributed by atoms with E-state index in [0.717, 1.165) is 38.4 Å². The molecule has 7 nitrogen and oxygen atoms in total. The van der Waals surface area contributed by atoms with Crippen molar-refractivity contribution in [3.05, 3.63) is 69.3 Å². The maximum absolute atomic E-state index is 11.5. The molecular weight excluding hydrogens is 346 g/mol. The first-order valence-electron chi connectivity index (χ1n) is 8.94. The maximum Gasteiger partial charge on any atom is 0.293 e. The molecular formula is C20H23N3O4. The number of anilines is 1. The average molecular weight is 369 g/mol. The Morgan fingerprint density at radius 2 is 1.89 bits per heavy atom. The predicted molar refractivity (Wildman–Crippen MR) is 103 cm³/mol. The van der Waals surface area contributed by atoms with Crippen molar-refractivity contribution in [2.24, 2.45) is 0 Å². The van der Waals surface area contributed by atoms with Crippen molar-refractivity contribution in [3.8, 4) is 0 Å². The second-order valence-electron chi connectivity index (χ2n) is 6.56. The van der Waals surface area contributed by atoms with E-state index in [1.54, 1.807) is 12.1 Å². The molecule has 0 unspecified atom stereocenters. The topological polar surface area (TPSA) is 84.7 Å². The van der Waals surface area contributed by atoms with Crippen LogP contribution >= 0.6 is 0 Å². The Morgan fingerprint density at radius 3 is 2.56 bits per heavy atom. The zero-order chi connectivity index (χ0) is 19.2. The predicted octanol–water partition coefficient (Wildman–Crippen LogP) is 3.24. The minimum absolute atomic E-state index is 0.0895. The number of nitro groups is 1. The number of nitrogens with one attached hydrogen (secondary N) is 1. The number of rotatable bonds is 7. The smallest absolute Gasteiger partial charge is 0.293 e. The molecule has 1 N–H and O–H groups in total. The molecule has 1 aliphatic rings. The molecule has 0 aliphatic carbocycles. The Hall–Kier alpha value is -2.77. The van der Waals surface area contributed by atoms with Gasteiger partial charge in [-0.3, -0.25) is 19.8 Å². The molecule has 0 atom stereocenters. The molecule has 0 radical (unpaired) electrons. The SMILES string of the molecule is CC(=O)c1ccc(NCc2ccccc2CN2CCOCC2)c([N+](=O)[O-])c1. The van der Waals surface area contributed by atoms with Crippen LogP contribution in [0.3, 0.4) is 0 Å². The molecule has 1 heterocycles. The summed E-state index contributed by atoms with van der Waals surface area (Å²) in [4.78, 5) is 24.7. The molecule has 0 aromatic heterocycles. The second-order valence-corrected chi connectivity index (χ2v) is 6.56. The summed E-state index contributed by atoms with van der Waals surface area (Å²) < 4.78 is 5.39. The van der Waals surface area contributed by atoms with Crippen molar-refractivity contribution >= 4 is 17.2 Å². The van der Waals surface area contributed by atoms with Crippen molar-refractivity contribution in [1.29, 1.82) is 0 Å². The standard InChI is InChI=1S/C20H23N3O4/c1-15(24)16-6-7-19(20(12-16)23(25)26)21-13-17-4-2-3-5-18(17)14-22-8-10-27-11-9-22/h2-7,12,21H,8-11,13-14H2,1H3. The fraction of sp³-hybridized carbons (Fsp3) is 0.350. The van der Waals surface area contributed by atoms with Crippen LogP contribution in [0.25, 0.3) is 0 Å². The van der Waals surface area contributed by atoms with E-state index >= 15 is 0 Å². The molecule has 0 bridgehead atoms.